The maximum atomic E-state index is 13.8. The zero-order chi connectivity index (χ0) is 14.7. The molecule has 0 unspecified atom stereocenters. The second-order valence-electron chi connectivity index (χ2n) is 4.24. The number of halogens is 1. The lowest BCUT2D eigenvalue weighted by atomic mass is 10.1. The Labute approximate surface area is 115 Å². The van der Waals surface area contributed by atoms with Crippen molar-refractivity contribution in [2.75, 3.05) is 7.11 Å². The summed E-state index contributed by atoms with van der Waals surface area (Å²) in [5.74, 6) is -1.23. The van der Waals surface area contributed by atoms with Crippen molar-refractivity contribution in [1.29, 1.82) is 0 Å². The van der Waals surface area contributed by atoms with Crippen molar-refractivity contribution in [2.45, 2.75) is 13.5 Å². The number of ether oxygens (including phenoxy) is 1. The van der Waals surface area contributed by atoms with Gasteiger partial charge in [0.1, 0.15) is 5.82 Å². The van der Waals surface area contributed by atoms with Crippen LogP contribution in [-0.4, -0.2) is 28.4 Å². The average Bonchev–Trinajstić information content (AvgIpc) is 2.86. The summed E-state index contributed by atoms with van der Waals surface area (Å²) in [6, 6.07) is 4.22. The zero-order valence-corrected chi connectivity index (χ0v) is 11.1. The monoisotopic (exact) mass is 276 g/mol. The lowest BCUT2D eigenvalue weighted by Gasteiger charge is -2.07. The minimum Gasteiger partial charge on any atom is -0.465 e. The van der Waals surface area contributed by atoms with Crippen LogP contribution in [0.25, 0.3) is 0 Å². The number of methoxy groups -OCH3 is 1. The third kappa shape index (κ3) is 2.74. The van der Waals surface area contributed by atoms with E-state index in [0.717, 1.165) is 0 Å². The number of ketones is 1. The molecule has 0 aliphatic heterocycles. The number of hydrogen-bond donors (Lipinski definition) is 0. The van der Waals surface area contributed by atoms with E-state index in [-0.39, 0.29) is 11.3 Å². The van der Waals surface area contributed by atoms with Crippen LogP contribution in [0, 0.1) is 5.82 Å². The molecule has 0 N–H and O–H groups in total. The number of imidazole rings is 1. The molecular formula is C14H13FN2O3. The lowest BCUT2D eigenvalue weighted by molar-refractivity contribution is 0.0595. The summed E-state index contributed by atoms with van der Waals surface area (Å²) in [6.45, 7) is 1.72. The summed E-state index contributed by atoms with van der Waals surface area (Å²) >= 11 is 0. The van der Waals surface area contributed by atoms with Crippen molar-refractivity contribution in [3.63, 3.8) is 0 Å². The number of hydrogen-bond acceptors (Lipinski definition) is 4. The highest BCUT2D eigenvalue weighted by Crippen LogP contribution is 2.13. The highest BCUT2D eigenvalue weighted by Gasteiger charge is 2.13. The first-order valence-electron chi connectivity index (χ1n) is 5.91. The first-order chi connectivity index (χ1) is 9.52. The Morgan fingerprint density at radius 3 is 2.75 bits per heavy atom. The number of rotatable bonds is 4. The Morgan fingerprint density at radius 1 is 1.40 bits per heavy atom. The number of carbonyl (C=O) groups excluding carboxylic acids is 2. The molecule has 0 aliphatic rings. The molecule has 0 radical (unpaired) electrons. The van der Waals surface area contributed by atoms with Gasteiger partial charge in [0.2, 0.25) is 0 Å². The maximum Gasteiger partial charge on any atom is 0.340 e. The normalized spacial score (nSPS) is 10.3. The Balaban J connectivity index is 2.27. The highest BCUT2D eigenvalue weighted by atomic mass is 19.1. The molecule has 20 heavy (non-hydrogen) atoms. The summed E-state index contributed by atoms with van der Waals surface area (Å²) in [4.78, 5) is 26.6. The fraction of sp³-hybridized carbons (Fsp3) is 0.214. The molecule has 0 saturated carbocycles. The number of Topliss-reactive ketones (excluding diaryl/α,β-unsaturated/α-hetero) is 1. The molecule has 1 aromatic carbocycles. The van der Waals surface area contributed by atoms with Gasteiger partial charge in [0.25, 0.3) is 0 Å². The quantitative estimate of drug-likeness (QED) is 0.633. The topological polar surface area (TPSA) is 61.2 Å². The molecule has 0 aliphatic carbocycles. The third-order valence-corrected chi connectivity index (χ3v) is 2.82. The predicted molar refractivity (Wildman–Crippen MR) is 69.1 cm³/mol. The Bertz CT molecular complexity index is 664. The van der Waals surface area contributed by atoms with Crippen LogP contribution in [0.4, 0.5) is 4.39 Å². The fourth-order valence-corrected chi connectivity index (χ4v) is 1.88. The lowest BCUT2D eigenvalue weighted by Crippen LogP contribution is -2.09. The van der Waals surface area contributed by atoms with Gasteiger partial charge in [-0.25, -0.2) is 14.2 Å². The summed E-state index contributed by atoms with van der Waals surface area (Å²) in [7, 11) is 1.19. The second kappa shape index (κ2) is 5.64. The highest BCUT2D eigenvalue weighted by molar-refractivity contribution is 5.90. The van der Waals surface area contributed by atoms with Gasteiger partial charge < -0.3 is 9.30 Å². The number of aromatic nitrogens is 2. The van der Waals surface area contributed by atoms with E-state index in [0.29, 0.717) is 17.9 Å². The first kappa shape index (κ1) is 13.9. The molecule has 0 amide bonds. The van der Waals surface area contributed by atoms with Crippen LogP contribution in [0.5, 0.6) is 0 Å². The zero-order valence-electron chi connectivity index (χ0n) is 11.1. The van der Waals surface area contributed by atoms with E-state index in [9.17, 15) is 14.0 Å². The minimum atomic E-state index is -0.721. The maximum absolute atomic E-state index is 13.8. The Kier molecular flexibility index (Phi) is 3.93. The van der Waals surface area contributed by atoms with Crippen LogP contribution < -0.4 is 0 Å². The van der Waals surface area contributed by atoms with E-state index in [2.05, 4.69) is 9.72 Å². The van der Waals surface area contributed by atoms with Gasteiger partial charge in [-0.15, -0.1) is 0 Å². The van der Waals surface area contributed by atoms with Crippen molar-refractivity contribution in [2.24, 2.45) is 0 Å². The summed E-state index contributed by atoms with van der Waals surface area (Å²) in [6.07, 6.45) is 3.15. The molecule has 1 aromatic heterocycles. The molecule has 1 heterocycles. The third-order valence-electron chi connectivity index (χ3n) is 2.82. The van der Waals surface area contributed by atoms with Crippen LogP contribution in [0.15, 0.2) is 30.6 Å². The van der Waals surface area contributed by atoms with Gasteiger partial charge in [-0.3, -0.25) is 4.79 Å². The Morgan fingerprint density at radius 2 is 2.15 bits per heavy atom. The van der Waals surface area contributed by atoms with E-state index in [4.69, 9.17) is 0 Å². The molecule has 2 aromatic rings. The number of carbonyl (C=O) groups is 2. The van der Waals surface area contributed by atoms with Gasteiger partial charge >= 0.3 is 5.97 Å². The van der Waals surface area contributed by atoms with E-state index in [1.165, 1.54) is 32.4 Å². The van der Waals surface area contributed by atoms with Crippen LogP contribution in [0.1, 0.15) is 33.5 Å². The standard InChI is InChI=1S/C14H13FN2O3/c1-9(18)13-16-5-6-17(13)8-10-3-4-11(12(15)7-10)14(19)20-2/h3-7H,8H2,1-2H3. The average molecular weight is 276 g/mol. The largest absolute Gasteiger partial charge is 0.465 e. The van der Waals surface area contributed by atoms with Gasteiger partial charge in [-0.1, -0.05) is 6.07 Å². The molecule has 0 bridgehead atoms. The van der Waals surface area contributed by atoms with Crippen LogP contribution in [0.3, 0.4) is 0 Å². The van der Waals surface area contributed by atoms with Crippen LogP contribution >= 0.6 is 0 Å². The molecule has 0 saturated heterocycles. The fourth-order valence-electron chi connectivity index (χ4n) is 1.88. The van der Waals surface area contributed by atoms with E-state index < -0.39 is 11.8 Å². The molecule has 5 nitrogen and oxygen atoms in total. The van der Waals surface area contributed by atoms with E-state index in [1.54, 1.807) is 16.8 Å². The van der Waals surface area contributed by atoms with Gasteiger partial charge in [0, 0.05) is 25.9 Å². The summed E-state index contributed by atoms with van der Waals surface area (Å²) < 4.78 is 19.9. The van der Waals surface area contributed by atoms with Gasteiger partial charge in [-0.05, 0) is 17.7 Å². The number of benzene rings is 1. The van der Waals surface area contributed by atoms with E-state index in [1.807, 2.05) is 0 Å². The first-order valence-corrected chi connectivity index (χ1v) is 5.91. The molecule has 0 spiro atoms. The number of esters is 1. The predicted octanol–water partition coefficient (Wildman–Crippen LogP) is 2.06. The van der Waals surface area contributed by atoms with Crippen molar-refractivity contribution >= 4 is 11.8 Å². The van der Waals surface area contributed by atoms with Crippen LogP contribution in [-0.2, 0) is 11.3 Å². The van der Waals surface area contributed by atoms with E-state index >= 15 is 0 Å². The van der Waals surface area contributed by atoms with Crippen LogP contribution in [0.2, 0.25) is 0 Å². The second-order valence-corrected chi connectivity index (χ2v) is 4.24. The Hall–Kier alpha value is -2.50. The SMILES string of the molecule is COC(=O)c1ccc(Cn2ccnc2C(C)=O)cc1F. The van der Waals surface area contributed by atoms with Crippen molar-refractivity contribution in [3.8, 4) is 0 Å². The van der Waals surface area contributed by atoms with Crippen molar-refractivity contribution in [3.05, 3.63) is 53.4 Å². The molecule has 0 fully saturated rings. The number of nitrogens with zero attached hydrogens (tertiary/aromatic N) is 2. The smallest absolute Gasteiger partial charge is 0.340 e. The van der Waals surface area contributed by atoms with Gasteiger partial charge in [0.15, 0.2) is 11.6 Å². The van der Waals surface area contributed by atoms with Gasteiger partial charge in [-0.2, -0.15) is 0 Å². The van der Waals surface area contributed by atoms with Crippen molar-refractivity contribution < 1.29 is 18.7 Å². The minimum absolute atomic E-state index is 0.117. The summed E-state index contributed by atoms with van der Waals surface area (Å²) in [5, 5.41) is 0. The molecule has 6 heteroatoms. The van der Waals surface area contributed by atoms with Crippen molar-refractivity contribution in [1.82, 2.24) is 9.55 Å². The summed E-state index contributed by atoms with van der Waals surface area (Å²) in [5.41, 5.74) is 0.504. The van der Waals surface area contributed by atoms with Gasteiger partial charge in [0.05, 0.1) is 12.7 Å². The molecule has 104 valence electrons. The molecule has 2 rings (SSSR count). The molecule has 0 atom stereocenters. The molecular weight excluding hydrogens is 263 g/mol.